The number of unbranched alkanes of at least 4 members (excludes halogenated alkanes) is 1. The van der Waals surface area contributed by atoms with E-state index in [0.29, 0.717) is 13.0 Å². The lowest BCUT2D eigenvalue weighted by Gasteiger charge is -2.17. The minimum Gasteiger partial charge on any atom is -0.355 e. The molecule has 19 heavy (non-hydrogen) atoms. The molecule has 5 nitrogen and oxygen atoms in total. The van der Waals surface area contributed by atoms with Gasteiger partial charge in [-0.3, -0.25) is 9.59 Å². The van der Waals surface area contributed by atoms with Crippen LogP contribution in [0.25, 0.3) is 0 Å². The first kappa shape index (κ1) is 16.0. The molecule has 5 heteroatoms. The van der Waals surface area contributed by atoms with Crippen LogP contribution in [0, 0.1) is 0 Å². The van der Waals surface area contributed by atoms with Gasteiger partial charge >= 0.3 is 0 Å². The van der Waals surface area contributed by atoms with Crippen LogP contribution >= 0.6 is 0 Å². The second-order valence-corrected chi connectivity index (χ2v) is 5.16. The summed E-state index contributed by atoms with van der Waals surface area (Å²) in [7, 11) is 0. The summed E-state index contributed by atoms with van der Waals surface area (Å²) in [6.45, 7) is 7.02. The first-order valence-corrected chi connectivity index (χ1v) is 7.44. The van der Waals surface area contributed by atoms with Crippen LogP contribution in [0.1, 0.15) is 46.0 Å². The minimum absolute atomic E-state index is 0.0158. The van der Waals surface area contributed by atoms with Gasteiger partial charge in [-0.05, 0) is 26.2 Å². The molecule has 1 unspecified atom stereocenters. The number of likely N-dealkylation sites (tertiary alicyclic amines) is 1. The lowest BCUT2D eigenvalue weighted by molar-refractivity contribution is -0.130. The van der Waals surface area contributed by atoms with Gasteiger partial charge in [0.1, 0.15) is 0 Å². The van der Waals surface area contributed by atoms with Crippen LogP contribution < -0.4 is 10.6 Å². The van der Waals surface area contributed by atoms with E-state index in [9.17, 15) is 9.59 Å². The van der Waals surface area contributed by atoms with Gasteiger partial charge in [-0.25, -0.2) is 0 Å². The molecule has 0 aromatic rings. The highest BCUT2D eigenvalue weighted by Gasteiger charge is 2.18. The predicted molar refractivity (Wildman–Crippen MR) is 75.8 cm³/mol. The molecule has 1 aliphatic heterocycles. The number of carbonyl (C=O) groups excluding carboxylic acids is 2. The molecule has 0 aliphatic carbocycles. The molecule has 0 aromatic heterocycles. The molecule has 2 N–H and O–H groups in total. The molecule has 1 aliphatic rings. The Kier molecular flexibility index (Phi) is 7.48. The minimum atomic E-state index is -0.233. The zero-order valence-electron chi connectivity index (χ0n) is 12.2. The van der Waals surface area contributed by atoms with Crippen LogP contribution in [-0.2, 0) is 9.59 Å². The molecular weight excluding hydrogens is 242 g/mol. The summed E-state index contributed by atoms with van der Waals surface area (Å²) in [6.07, 6.45) is 4.80. The monoisotopic (exact) mass is 269 g/mol. The molecular formula is C14H27N3O2. The Bertz CT molecular complexity index is 288. The van der Waals surface area contributed by atoms with Crippen LogP contribution in [-0.4, -0.2) is 48.9 Å². The number of hydrogen-bond acceptors (Lipinski definition) is 3. The smallest absolute Gasteiger partial charge is 0.236 e. The quantitative estimate of drug-likeness (QED) is 0.643. The van der Waals surface area contributed by atoms with Crippen LogP contribution in [0.15, 0.2) is 0 Å². The van der Waals surface area contributed by atoms with Crippen molar-refractivity contribution in [1.29, 1.82) is 0 Å². The van der Waals surface area contributed by atoms with Crippen LogP contribution in [0.2, 0.25) is 0 Å². The maximum atomic E-state index is 11.8. The van der Waals surface area contributed by atoms with E-state index in [0.717, 1.165) is 45.3 Å². The lowest BCUT2D eigenvalue weighted by atomic mass is 10.2. The number of nitrogens with zero attached hydrogens (tertiary/aromatic N) is 1. The average molecular weight is 269 g/mol. The van der Waals surface area contributed by atoms with Crippen LogP contribution in [0.3, 0.4) is 0 Å². The maximum Gasteiger partial charge on any atom is 0.236 e. The van der Waals surface area contributed by atoms with E-state index >= 15 is 0 Å². The van der Waals surface area contributed by atoms with Gasteiger partial charge in [0.15, 0.2) is 0 Å². The molecule has 0 radical (unpaired) electrons. The summed E-state index contributed by atoms with van der Waals surface area (Å²) < 4.78 is 0. The van der Waals surface area contributed by atoms with Gasteiger partial charge in [-0.2, -0.15) is 0 Å². The van der Waals surface area contributed by atoms with Crippen molar-refractivity contribution in [3.05, 3.63) is 0 Å². The Morgan fingerprint density at radius 2 is 1.89 bits per heavy atom. The van der Waals surface area contributed by atoms with Crippen molar-refractivity contribution >= 4 is 11.8 Å². The number of hydrogen-bond donors (Lipinski definition) is 2. The second-order valence-electron chi connectivity index (χ2n) is 5.16. The van der Waals surface area contributed by atoms with Gasteiger partial charge in [0.2, 0.25) is 11.8 Å². The van der Waals surface area contributed by atoms with E-state index in [1.165, 1.54) is 0 Å². The normalized spacial score (nSPS) is 16.4. The summed E-state index contributed by atoms with van der Waals surface area (Å²) >= 11 is 0. The maximum absolute atomic E-state index is 11.8. The van der Waals surface area contributed by atoms with Crippen molar-refractivity contribution in [1.82, 2.24) is 15.5 Å². The summed E-state index contributed by atoms with van der Waals surface area (Å²) in [6, 6.07) is -0.233. The van der Waals surface area contributed by atoms with Crippen LogP contribution in [0.4, 0.5) is 0 Å². The number of amides is 2. The van der Waals surface area contributed by atoms with E-state index in [-0.39, 0.29) is 17.9 Å². The molecule has 1 atom stereocenters. The van der Waals surface area contributed by atoms with Gasteiger partial charge in [0, 0.05) is 32.6 Å². The van der Waals surface area contributed by atoms with E-state index in [2.05, 4.69) is 17.6 Å². The van der Waals surface area contributed by atoms with Gasteiger partial charge < -0.3 is 15.5 Å². The highest BCUT2D eigenvalue weighted by atomic mass is 16.2. The first-order chi connectivity index (χ1) is 9.15. The fourth-order valence-electron chi connectivity index (χ4n) is 2.15. The molecule has 0 bridgehead atoms. The van der Waals surface area contributed by atoms with Gasteiger partial charge in [0.25, 0.3) is 0 Å². The molecule has 2 amide bonds. The highest BCUT2D eigenvalue weighted by molar-refractivity contribution is 5.81. The Morgan fingerprint density at radius 3 is 2.53 bits per heavy atom. The topological polar surface area (TPSA) is 61.4 Å². The molecule has 1 saturated heterocycles. The lowest BCUT2D eigenvalue weighted by Crippen LogP contribution is -2.43. The first-order valence-electron chi connectivity index (χ1n) is 7.44. The molecule has 110 valence electrons. The van der Waals surface area contributed by atoms with Crippen molar-refractivity contribution in [2.75, 3.05) is 26.2 Å². The Hall–Kier alpha value is -1.10. The molecule has 0 aromatic carbocycles. The third-order valence-corrected chi connectivity index (χ3v) is 3.47. The van der Waals surface area contributed by atoms with Gasteiger partial charge in [-0.15, -0.1) is 0 Å². The summed E-state index contributed by atoms with van der Waals surface area (Å²) in [5.74, 6) is 0.214. The van der Waals surface area contributed by atoms with Crippen molar-refractivity contribution in [2.24, 2.45) is 0 Å². The summed E-state index contributed by atoms with van der Waals surface area (Å²) in [5.41, 5.74) is 0. The standard InChI is InChI=1S/C14H27N3O2/c1-3-4-8-16-14(19)12(2)15-9-7-13(18)17-10-5-6-11-17/h12,15H,3-11H2,1-2H3,(H,16,19). The largest absolute Gasteiger partial charge is 0.355 e. The van der Waals surface area contributed by atoms with Gasteiger partial charge in [-0.1, -0.05) is 13.3 Å². The number of carbonyl (C=O) groups is 2. The Balaban J connectivity index is 2.10. The van der Waals surface area contributed by atoms with E-state index in [1.54, 1.807) is 0 Å². The second kappa shape index (κ2) is 8.91. The van der Waals surface area contributed by atoms with Gasteiger partial charge in [0.05, 0.1) is 6.04 Å². The molecule has 1 rings (SSSR count). The zero-order valence-corrected chi connectivity index (χ0v) is 12.2. The summed E-state index contributed by atoms with van der Waals surface area (Å²) in [5, 5.41) is 5.98. The summed E-state index contributed by atoms with van der Waals surface area (Å²) in [4.78, 5) is 25.4. The Morgan fingerprint density at radius 1 is 1.21 bits per heavy atom. The number of rotatable bonds is 8. The fraction of sp³-hybridized carbons (Fsp3) is 0.857. The average Bonchev–Trinajstić information content (AvgIpc) is 2.92. The molecule has 0 spiro atoms. The van der Waals surface area contributed by atoms with Crippen LogP contribution in [0.5, 0.6) is 0 Å². The third kappa shape index (κ3) is 6.05. The Labute approximate surface area is 116 Å². The van der Waals surface area contributed by atoms with E-state index < -0.39 is 0 Å². The van der Waals surface area contributed by atoms with Crippen molar-refractivity contribution in [3.63, 3.8) is 0 Å². The predicted octanol–water partition coefficient (Wildman–Crippen LogP) is 0.893. The SMILES string of the molecule is CCCCNC(=O)C(C)NCCC(=O)N1CCCC1. The van der Waals surface area contributed by atoms with E-state index in [4.69, 9.17) is 0 Å². The molecule has 0 saturated carbocycles. The molecule has 1 fully saturated rings. The third-order valence-electron chi connectivity index (χ3n) is 3.47. The van der Waals surface area contributed by atoms with Crippen molar-refractivity contribution < 1.29 is 9.59 Å². The van der Waals surface area contributed by atoms with Crippen molar-refractivity contribution in [2.45, 2.75) is 52.0 Å². The fourth-order valence-corrected chi connectivity index (χ4v) is 2.15. The highest BCUT2D eigenvalue weighted by Crippen LogP contribution is 2.08. The molecule has 1 heterocycles. The van der Waals surface area contributed by atoms with Crippen molar-refractivity contribution in [3.8, 4) is 0 Å². The number of nitrogens with one attached hydrogen (secondary N) is 2. The van der Waals surface area contributed by atoms with E-state index in [1.807, 2.05) is 11.8 Å². The zero-order chi connectivity index (χ0) is 14.1.